The van der Waals surface area contributed by atoms with E-state index in [-0.39, 0.29) is 11.2 Å². The first kappa shape index (κ1) is 9.33. The highest BCUT2D eigenvalue weighted by molar-refractivity contribution is 9.10. The van der Waals surface area contributed by atoms with Crippen LogP contribution in [0.15, 0.2) is 16.6 Å². The van der Waals surface area contributed by atoms with Crippen molar-refractivity contribution in [1.29, 1.82) is 0 Å². The highest BCUT2D eigenvalue weighted by atomic mass is 79.9. The Labute approximate surface area is 94.6 Å². The molecule has 1 saturated carbocycles. The summed E-state index contributed by atoms with van der Waals surface area (Å²) in [6.07, 6.45) is 1.78. The lowest BCUT2D eigenvalue weighted by Crippen LogP contribution is -2.29. The summed E-state index contributed by atoms with van der Waals surface area (Å²) >= 11 is 3.08. The van der Waals surface area contributed by atoms with E-state index in [1.165, 1.54) is 12.1 Å². The van der Waals surface area contributed by atoms with Crippen LogP contribution in [0, 0.1) is 11.2 Å². The van der Waals surface area contributed by atoms with E-state index in [0.29, 0.717) is 22.4 Å². The predicted octanol–water partition coefficient (Wildman–Crippen LogP) is 2.94. The smallest absolute Gasteiger partial charge is 0.176 e. The molecule has 1 aliphatic heterocycles. The Balaban J connectivity index is 2.15. The Morgan fingerprint density at radius 2 is 2.13 bits per heavy atom. The minimum atomic E-state index is -0.395. The van der Waals surface area contributed by atoms with E-state index < -0.39 is 5.82 Å². The number of Topliss-reactive ketones (excluding diaryl/α,β-unsaturated/α-hetero) is 1. The zero-order valence-electron chi connectivity index (χ0n) is 7.85. The molecule has 1 aromatic carbocycles. The zero-order valence-corrected chi connectivity index (χ0v) is 9.43. The summed E-state index contributed by atoms with van der Waals surface area (Å²) in [4.78, 5) is 12.0. The van der Waals surface area contributed by atoms with E-state index in [1.54, 1.807) is 0 Å². The van der Waals surface area contributed by atoms with E-state index in [4.69, 9.17) is 4.74 Å². The Hall–Kier alpha value is -0.900. The zero-order chi connectivity index (χ0) is 10.6. The van der Waals surface area contributed by atoms with Crippen LogP contribution in [0.5, 0.6) is 5.75 Å². The van der Waals surface area contributed by atoms with Gasteiger partial charge in [-0.2, -0.15) is 0 Å². The molecule has 0 amide bonds. The maximum atomic E-state index is 13.2. The molecule has 0 atom stereocenters. The number of benzene rings is 1. The van der Waals surface area contributed by atoms with Gasteiger partial charge in [0.25, 0.3) is 0 Å². The first-order valence-electron chi connectivity index (χ1n) is 4.79. The molecular weight excluding hydrogens is 263 g/mol. The molecule has 1 aromatic rings. The lowest BCUT2D eigenvalue weighted by molar-refractivity contribution is 0.0798. The minimum Gasteiger partial charge on any atom is -0.492 e. The quantitative estimate of drug-likeness (QED) is 0.725. The Kier molecular flexibility index (Phi) is 1.75. The van der Waals surface area contributed by atoms with Gasteiger partial charge in [0, 0.05) is 6.07 Å². The van der Waals surface area contributed by atoms with E-state index in [1.807, 2.05) is 0 Å². The summed E-state index contributed by atoms with van der Waals surface area (Å²) in [5.41, 5.74) is 0.219. The van der Waals surface area contributed by atoms with Crippen LogP contribution >= 0.6 is 15.9 Å². The molecule has 15 heavy (non-hydrogen) atoms. The van der Waals surface area contributed by atoms with Crippen molar-refractivity contribution in [3.05, 3.63) is 28.0 Å². The van der Waals surface area contributed by atoms with Gasteiger partial charge in [0.2, 0.25) is 0 Å². The first-order valence-corrected chi connectivity index (χ1v) is 5.58. The summed E-state index contributed by atoms with van der Waals surface area (Å²) in [5, 5.41) is 0. The van der Waals surface area contributed by atoms with Crippen molar-refractivity contribution in [1.82, 2.24) is 0 Å². The molecule has 0 aromatic heterocycles. The number of rotatable bonds is 0. The fourth-order valence-electron chi connectivity index (χ4n) is 1.91. The molecule has 1 spiro atoms. The highest BCUT2D eigenvalue weighted by Gasteiger charge is 2.53. The van der Waals surface area contributed by atoms with Crippen molar-refractivity contribution in [3.8, 4) is 5.75 Å². The van der Waals surface area contributed by atoms with E-state index in [9.17, 15) is 9.18 Å². The van der Waals surface area contributed by atoms with E-state index in [0.717, 1.165) is 12.8 Å². The lowest BCUT2D eigenvalue weighted by Gasteiger charge is -2.23. The normalized spacial score (nSPS) is 21.1. The number of halogens is 2. The fourth-order valence-corrected chi connectivity index (χ4v) is 2.26. The lowest BCUT2D eigenvalue weighted by atomic mass is 9.92. The molecule has 2 aliphatic rings. The van der Waals surface area contributed by atoms with Gasteiger partial charge in [-0.05, 0) is 34.8 Å². The maximum absolute atomic E-state index is 13.2. The van der Waals surface area contributed by atoms with Gasteiger partial charge in [-0.25, -0.2) is 4.39 Å². The Morgan fingerprint density at radius 1 is 1.40 bits per heavy atom. The van der Waals surface area contributed by atoms with Crippen molar-refractivity contribution >= 4 is 21.7 Å². The molecule has 3 rings (SSSR count). The third-order valence-corrected chi connectivity index (χ3v) is 3.71. The standard InChI is InChI=1S/C11H8BrFO2/c12-7-3-6-9(4-8(7)13)15-5-11(1-2-11)10(6)14/h3-4H,1-2,5H2. The van der Waals surface area contributed by atoms with Crippen LogP contribution in [0.3, 0.4) is 0 Å². The van der Waals surface area contributed by atoms with Crippen molar-refractivity contribution in [2.45, 2.75) is 12.8 Å². The monoisotopic (exact) mass is 270 g/mol. The van der Waals surface area contributed by atoms with Gasteiger partial charge < -0.3 is 4.74 Å². The molecule has 1 fully saturated rings. The van der Waals surface area contributed by atoms with Crippen molar-refractivity contribution in [2.24, 2.45) is 5.41 Å². The van der Waals surface area contributed by atoms with Crippen LogP contribution in [-0.2, 0) is 0 Å². The van der Waals surface area contributed by atoms with Crippen LogP contribution in [0.1, 0.15) is 23.2 Å². The second-order valence-corrected chi connectivity index (χ2v) is 5.01. The highest BCUT2D eigenvalue weighted by Crippen LogP contribution is 2.52. The second-order valence-electron chi connectivity index (χ2n) is 4.16. The average Bonchev–Trinajstić information content (AvgIpc) is 2.97. The number of ketones is 1. The van der Waals surface area contributed by atoms with Crippen LogP contribution in [-0.4, -0.2) is 12.4 Å². The number of fused-ring (bicyclic) bond motifs is 1. The molecule has 4 heteroatoms. The van der Waals surface area contributed by atoms with Crippen LogP contribution < -0.4 is 4.74 Å². The van der Waals surface area contributed by atoms with Gasteiger partial charge in [-0.1, -0.05) is 0 Å². The molecule has 0 bridgehead atoms. The summed E-state index contributed by atoms with van der Waals surface area (Å²) in [6.45, 7) is 0.403. The third-order valence-electron chi connectivity index (χ3n) is 3.11. The molecule has 0 radical (unpaired) electrons. The SMILES string of the molecule is O=C1c2cc(Br)c(F)cc2OCC12CC2. The molecule has 1 aliphatic carbocycles. The average molecular weight is 271 g/mol. The van der Waals surface area contributed by atoms with Gasteiger partial charge in [0.15, 0.2) is 5.78 Å². The number of carbonyl (C=O) groups excluding carboxylic acids is 1. The third kappa shape index (κ3) is 1.24. The van der Waals surface area contributed by atoms with Gasteiger partial charge in [-0.15, -0.1) is 0 Å². The number of ether oxygens (including phenoxy) is 1. The predicted molar refractivity (Wildman–Crippen MR) is 55.6 cm³/mol. The summed E-state index contributed by atoms with van der Waals surface area (Å²) in [7, 11) is 0. The number of hydrogen-bond donors (Lipinski definition) is 0. The summed E-state index contributed by atoms with van der Waals surface area (Å²) in [6, 6.07) is 2.79. The van der Waals surface area contributed by atoms with E-state index in [2.05, 4.69) is 15.9 Å². The van der Waals surface area contributed by atoms with Crippen molar-refractivity contribution < 1.29 is 13.9 Å². The Morgan fingerprint density at radius 3 is 2.80 bits per heavy atom. The van der Waals surface area contributed by atoms with Gasteiger partial charge in [-0.3, -0.25) is 4.79 Å². The van der Waals surface area contributed by atoms with Gasteiger partial charge in [0.05, 0.1) is 15.5 Å². The minimum absolute atomic E-state index is 0.101. The maximum Gasteiger partial charge on any atom is 0.176 e. The Bertz CT molecular complexity index is 466. The van der Waals surface area contributed by atoms with Crippen molar-refractivity contribution in [3.63, 3.8) is 0 Å². The molecule has 0 N–H and O–H groups in total. The summed E-state index contributed by atoms with van der Waals surface area (Å²) in [5.74, 6) is 0.0796. The second kappa shape index (κ2) is 2.82. The van der Waals surface area contributed by atoms with E-state index >= 15 is 0 Å². The van der Waals surface area contributed by atoms with Crippen LogP contribution in [0.4, 0.5) is 4.39 Å². The molecule has 78 valence electrons. The largest absolute Gasteiger partial charge is 0.492 e. The number of hydrogen-bond acceptors (Lipinski definition) is 2. The van der Waals surface area contributed by atoms with Crippen LogP contribution in [0.25, 0.3) is 0 Å². The molecule has 1 heterocycles. The topological polar surface area (TPSA) is 26.3 Å². The molecule has 0 saturated heterocycles. The summed E-state index contributed by atoms with van der Waals surface area (Å²) < 4.78 is 18.9. The number of carbonyl (C=O) groups is 1. The molecular formula is C11H8BrFO2. The molecule has 2 nitrogen and oxygen atoms in total. The van der Waals surface area contributed by atoms with Crippen molar-refractivity contribution in [2.75, 3.05) is 6.61 Å². The first-order chi connectivity index (χ1) is 7.12. The van der Waals surface area contributed by atoms with Gasteiger partial charge in [0.1, 0.15) is 18.2 Å². The van der Waals surface area contributed by atoms with Gasteiger partial charge >= 0.3 is 0 Å². The van der Waals surface area contributed by atoms with Crippen LogP contribution in [0.2, 0.25) is 0 Å². The molecule has 0 unspecified atom stereocenters. The fraction of sp³-hybridized carbons (Fsp3) is 0.364.